The van der Waals surface area contributed by atoms with Gasteiger partial charge in [0.2, 0.25) is 0 Å². The van der Waals surface area contributed by atoms with E-state index in [2.05, 4.69) is 10.4 Å². The number of anilines is 1. The van der Waals surface area contributed by atoms with Crippen molar-refractivity contribution in [3.8, 4) is 0 Å². The zero-order valence-electron chi connectivity index (χ0n) is 9.82. The van der Waals surface area contributed by atoms with E-state index in [4.69, 9.17) is 18.4 Å². The second-order valence-electron chi connectivity index (χ2n) is 3.47. The maximum absolute atomic E-state index is 6.59. The summed E-state index contributed by atoms with van der Waals surface area (Å²) in [5, 5.41) is 6.91. The molecule has 0 aromatic heterocycles. The topological polar surface area (TPSA) is 41.5 Å². The van der Waals surface area contributed by atoms with E-state index >= 15 is 0 Å². The number of aliphatic hydroxyl groups is 1. The molecule has 0 atom stereocenters. The number of aliphatic hydroxyl groups excluding tert-OH is 1. The van der Waals surface area contributed by atoms with Gasteiger partial charge in [0.05, 0.1) is 12.7 Å². The van der Waals surface area contributed by atoms with Gasteiger partial charge in [-0.1, -0.05) is 12.1 Å². The summed E-state index contributed by atoms with van der Waals surface area (Å²) in [6, 6.07) is 7.61. The van der Waals surface area contributed by atoms with Gasteiger partial charge in [-0.25, -0.2) is 0 Å². The van der Waals surface area contributed by atoms with Crippen LogP contribution in [0, 0.1) is 0 Å². The lowest BCUT2D eigenvalue weighted by Crippen LogP contribution is -2.07. The van der Waals surface area contributed by atoms with E-state index in [1.165, 1.54) is 0 Å². The first-order valence-electron chi connectivity index (χ1n) is 5.17. The summed E-state index contributed by atoms with van der Waals surface area (Å²) in [4.78, 5) is 0. The Morgan fingerprint density at radius 1 is 1.53 bits per heavy atom. The van der Waals surface area contributed by atoms with E-state index in [-0.39, 0.29) is 11.3 Å². The molecule has 0 amide bonds. The second-order valence-corrected chi connectivity index (χ2v) is 3.84. The van der Waals surface area contributed by atoms with E-state index in [1.54, 1.807) is 0 Å². The Hall–Kier alpha value is -1.13. The van der Waals surface area contributed by atoms with Crippen LogP contribution in [0.25, 0.3) is 1.43 Å². The highest BCUT2D eigenvalue weighted by Crippen LogP contribution is 2.10. The summed E-state index contributed by atoms with van der Waals surface area (Å²) >= 11 is 4.71. The number of hydrogen-bond donors (Lipinski definition) is 2. The van der Waals surface area contributed by atoms with Gasteiger partial charge in [0.15, 0.2) is 0 Å². The molecule has 0 aliphatic rings. The summed E-state index contributed by atoms with van der Waals surface area (Å²) < 4.78 is 12.1. The van der Waals surface area contributed by atoms with Crippen LogP contribution in [0.2, 0.25) is 0 Å². The summed E-state index contributed by atoms with van der Waals surface area (Å²) in [5.41, 5.74) is 1.89. The van der Waals surface area contributed by atoms with Crippen LogP contribution >= 0.6 is 12.2 Å². The van der Waals surface area contributed by atoms with E-state index in [0.29, 0.717) is 6.61 Å². The second kappa shape index (κ2) is 5.68. The molecule has 0 saturated heterocycles. The van der Waals surface area contributed by atoms with Crippen molar-refractivity contribution in [1.29, 1.82) is 1.43 Å². The molecule has 2 N–H and O–H groups in total. The van der Waals surface area contributed by atoms with Crippen LogP contribution < -0.4 is 5.32 Å². The summed E-state index contributed by atoms with van der Waals surface area (Å²) in [5.74, 6) is 0. The molecule has 0 aliphatic carbocycles. The molecule has 1 rings (SSSR count). The van der Waals surface area contributed by atoms with Gasteiger partial charge in [-0.3, -0.25) is 0 Å². The fourth-order valence-corrected chi connectivity index (χ4v) is 1.18. The largest absolute Gasteiger partial charge is 0.486 e. The van der Waals surface area contributed by atoms with Crippen molar-refractivity contribution in [3.63, 3.8) is 0 Å². The first-order valence-corrected chi connectivity index (χ1v) is 5.17. The molecule has 0 aliphatic heterocycles. The fraction of sp³-hybridized carbons (Fsp3) is 0.364. The minimum absolute atomic E-state index is 0.0335. The molecule has 0 heterocycles. The number of ether oxygens (including phenoxy) is 1. The molecular weight excluding hydrogens is 210 g/mol. The highest BCUT2D eigenvalue weighted by Gasteiger charge is 1.98. The molecule has 0 fully saturated rings. The van der Waals surface area contributed by atoms with Gasteiger partial charge in [0.1, 0.15) is 0 Å². The zero-order valence-corrected chi connectivity index (χ0v) is 9.64. The van der Waals surface area contributed by atoms with Crippen LogP contribution in [-0.2, 0) is 11.3 Å². The number of rotatable bonds is 4. The maximum Gasteiger partial charge on any atom is 0.296 e. The van der Waals surface area contributed by atoms with E-state index in [0.717, 1.165) is 11.3 Å². The predicted molar refractivity (Wildman–Crippen MR) is 65.2 cm³/mol. The van der Waals surface area contributed by atoms with Gasteiger partial charge in [0, 0.05) is 5.69 Å². The van der Waals surface area contributed by atoms with Crippen LogP contribution in [0.4, 0.5) is 5.69 Å². The van der Waals surface area contributed by atoms with Crippen LogP contribution in [0.3, 0.4) is 0 Å². The average Bonchev–Trinajstić information content (AvgIpc) is 2.28. The molecule has 0 radical (unpaired) electrons. The van der Waals surface area contributed by atoms with E-state index in [9.17, 15) is 0 Å². The fourth-order valence-electron chi connectivity index (χ4n) is 1.07. The third-order valence-electron chi connectivity index (χ3n) is 1.78. The molecule has 1 aromatic carbocycles. The molecule has 0 unspecified atom stereocenters. The summed E-state index contributed by atoms with van der Waals surface area (Å²) in [7, 11) is 0. The normalized spacial score (nSPS) is 11.0. The number of nitrogens with one attached hydrogen (secondary N) is 1. The zero-order chi connectivity index (χ0) is 12.0. The quantitative estimate of drug-likeness (QED) is 0.776. The number of benzene rings is 1. The van der Waals surface area contributed by atoms with Crippen molar-refractivity contribution < 1.29 is 9.85 Å². The lowest BCUT2D eigenvalue weighted by atomic mass is 10.2. The summed E-state index contributed by atoms with van der Waals surface area (Å²) in [6.45, 7) is 4.59. The maximum atomic E-state index is 6.59. The molecule has 4 heteroatoms. The van der Waals surface area contributed by atoms with Crippen molar-refractivity contribution in [1.82, 2.24) is 0 Å². The Bertz CT molecular complexity index is 340. The van der Waals surface area contributed by atoms with Crippen molar-refractivity contribution in [2.24, 2.45) is 0 Å². The lowest BCUT2D eigenvalue weighted by molar-refractivity contribution is 0.0657. The first kappa shape index (κ1) is 10.4. The highest BCUT2D eigenvalue weighted by molar-refractivity contribution is 7.80. The molecular formula is C11H15NO2S. The Kier molecular flexibility index (Phi) is 3.93. The first-order chi connectivity index (χ1) is 7.61. The minimum atomic E-state index is 0.0335. The molecule has 82 valence electrons. The van der Waals surface area contributed by atoms with E-state index < -0.39 is 0 Å². The van der Waals surface area contributed by atoms with Crippen molar-refractivity contribution in [2.45, 2.75) is 26.6 Å². The molecule has 15 heavy (non-hydrogen) atoms. The van der Waals surface area contributed by atoms with Crippen LogP contribution in [0.1, 0.15) is 19.4 Å². The smallest absolute Gasteiger partial charge is 0.296 e. The van der Waals surface area contributed by atoms with Gasteiger partial charge in [-0.05, 0) is 43.8 Å². The third-order valence-corrected chi connectivity index (χ3v) is 1.89. The Morgan fingerprint density at radius 3 is 2.73 bits per heavy atom. The Balaban J connectivity index is 2.51. The molecule has 0 saturated carbocycles. The van der Waals surface area contributed by atoms with Gasteiger partial charge in [-0.2, -0.15) is 0 Å². The minimum Gasteiger partial charge on any atom is -0.486 e. The van der Waals surface area contributed by atoms with Gasteiger partial charge >= 0.3 is 0 Å². The SMILES string of the molecule is [3H]OC(=S)Nc1ccc(COC(C)C)cc1. The predicted octanol–water partition coefficient (Wildman–Crippen LogP) is 2.87. The lowest BCUT2D eigenvalue weighted by Gasteiger charge is -2.08. The van der Waals surface area contributed by atoms with Crippen LogP contribution in [0.5, 0.6) is 0 Å². The molecule has 3 nitrogen and oxygen atoms in total. The highest BCUT2D eigenvalue weighted by atomic mass is 32.1. The Morgan fingerprint density at radius 2 is 2.20 bits per heavy atom. The molecule has 0 bridgehead atoms. The summed E-state index contributed by atoms with van der Waals surface area (Å²) in [6.07, 6.45) is 0.224. The number of hydrogen-bond acceptors (Lipinski definition) is 3. The number of thiocarbonyl (C=S) groups is 1. The van der Waals surface area contributed by atoms with Crippen molar-refractivity contribution >= 4 is 23.1 Å². The third kappa shape index (κ3) is 4.76. The van der Waals surface area contributed by atoms with Crippen LogP contribution in [-0.4, -0.2) is 16.4 Å². The molecule has 1 aromatic rings. The van der Waals surface area contributed by atoms with Gasteiger partial charge < -0.3 is 15.2 Å². The van der Waals surface area contributed by atoms with Crippen LogP contribution in [0.15, 0.2) is 24.3 Å². The van der Waals surface area contributed by atoms with Gasteiger partial charge in [-0.15, -0.1) is 0 Å². The monoisotopic (exact) mass is 227 g/mol. The van der Waals surface area contributed by atoms with Crippen molar-refractivity contribution in [3.05, 3.63) is 29.8 Å². The average molecular weight is 227 g/mol. The van der Waals surface area contributed by atoms with E-state index in [1.807, 2.05) is 38.1 Å². The standard InChI is InChI=1S/C11H15NO2S/c1-8(2)14-7-9-3-5-10(6-4-9)12-11(13)15/h3-6,8H,7H2,1-2H3,(H2,12,13,15)/i/hT. The van der Waals surface area contributed by atoms with Crippen molar-refractivity contribution in [2.75, 3.05) is 5.32 Å². The Labute approximate surface area is 96.6 Å². The van der Waals surface area contributed by atoms with Gasteiger partial charge in [0.25, 0.3) is 6.61 Å². The molecule has 0 spiro atoms.